The summed E-state index contributed by atoms with van der Waals surface area (Å²) >= 11 is 0. The average Bonchev–Trinajstić information content (AvgIpc) is 3.42. The van der Waals surface area contributed by atoms with Crippen LogP contribution in [0.2, 0.25) is 0 Å². The van der Waals surface area contributed by atoms with Crippen molar-refractivity contribution in [1.29, 1.82) is 0 Å². The van der Waals surface area contributed by atoms with Crippen molar-refractivity contribution >= 4 is 39.0 Å². The van der Waals surface area contributed by atoms with Gasteiger partial charge in [-0.2, -0.15) is 0 Å². The van der Waals surface area contributed by atoms with Crippen LogP contribution in [0.25, 0.3) is 43.8 Å². The summed E-state index contributed by atoms with van der Waals surface area (Å²) < 4.78 is 5.91. The van der Waals surface area contributed by atoms with Crippen LogP contribution in [0.3, 0.4) is 0 Å². The molecule has 2 aliphatic heterocycles. The zero-order chi connectivity index (χ0) is 30.1. The van der Waals surface area contributed by atoms with E-state index in [4.69, 9.17) is 14.7 Å². The maximum Gasteiger partial charge on any atom is 0.216 e. The van der Waals surface area contributed by atoms with Gasteiger partial charge in [-0.05, 0) is 117 Å². The van der Waals surface area contributed by atoms with Gasteiger partial charge in [-0.3, -0.25) is 4.99 Å². The second-order valence-electron chi connectivity index (χ2n) is 13.6. The molecular formula is C39H39N3O. The van der Waals surface area contributed by atoms with E-state index in [0.717, 1.165) is 17.3 Å². The van der Waals surface area contributed by atoms with E-state index in [1.165, 1.54) is 49.5 Å². The van der Waals surface area contributed by atoms with E-state index in [0.29, 0.717) is 6.61 Å². The van der Waals surface area contributed by atoms with E-state index in [1.807, 2.05) is 0 Å². The van der Waals surface area contributed by atoms with Gasteiger partial charge < -0.3 is 9.64 Å². The number of aliphatic imine (C=N–C) groups is 2. The zero-order valence-electron chi connectivity index (χ0n) is 26.2. The normalized spacial score (nSPS) is 18.5. The van der Waals surface area contributed by atoms with E-state index in [-0.39, 0.29) is 16.6 Å². The van der Waals surface area contributed by atoms with Gasteiger partial charge in [0, 0.05) is 11.3 Å². The van der Waals surface area contributed by atoms with E-state index in [2.05, 4.69) is 150 Å². The topological polar surface area (TPSA) is 37.2 Å². The maximum absolute atomic E-state index is 5.91. The highest BCUT2D eigenvalue weighted by atomic mass is 16.5. The maximum atomic E-state index is 5.91. The van der Waals surface area contributed by atoms with Gasteiger partial charge in [0.1, 0.15) is 12.4 Å². The SMILES string of the molecule is CC1=NC(C)(C)C(C)(C)N1c1ccc(-c2c3ccccc3c(-c3ccc(C4=NC(C)(C)CO4)cc3)c3ccccc23)cc1. The Balaban J connectivity index is 1.36. The fourth-order valence-corrected chi connectivity index (χ4v) is 6.82. The highest BCUT2D eigenvalue weighted by molar-refractivity contribution is 6.21. The van der Waals surface area contributed by atoms with E-state index >= 15 is 0 Å². The first-order valence-electron chi connectivity index (χ1n) is 15.2. The van der Waals surface area contributed by atoms with Crippen molar-refractivity contribution in [3.8, 4) is 22.3 Å². The van der Waals surface area contributed by atoms with E-state index < -0.39 is 0 Å². The van der Waals surface area contributed by atoms with Gasteiger partial charge in [0.25, 0.3) is 0 Å². The van der Waals surface area contributed by atoms with Crippen molar-refractivity contribution < 1.29 is 4.74 Å². The number of fused-ring (bicyclic) bond motifs is 2. The summed E-state index contributed by atoms with van der Waals surface area (Å²) in [7, 11) is 0. The first-order chi connectivity index (χ1) is 20.5. The standard InChI is InChI=1S/C39H39N3O/c1-25-40-38(4,5)39(6,7)42(25)29-22-20-27(21-23-29)35-32-14-10-8-12-30(32)34(31-13-9-11-15-33(31)35)26-16-18-28(19-17-26)36-41-37(2,3)24-43-36/h8-23H,24H2,1-7H3. The van der Waals surface area contributed by atoms with Crippen LogP contribution < -0.4 is 4.90 Å². The molecule has 0 N–H and O–H groups in total. The van der Waals surface area contributed by atoms with Gasteiger partial charge in [0.15, 0.2) is 0 Å². The van der Waals surface area contributed by atoms with Crippen LogP contribution in [0.4, 0.5) is 5.69 Å². The second-order valence-corrected chi connectivity index (χ2v) is 13.6. The van der Waals surface area contributed by atoms with Crippen molar-refractivity contribution in [2.75, 3.05) is 11.5 Å². The molecule has 5 aromatic rings. The summed E-state index contributed by atoms with van der Waals surface area (Å²) in [6.45, 7) is 15.9. The summed E-state index contributed by atoms with van der Waals surface area (Å²) in [5, 5.41) is 4.99. The van der Waals surface area contributed by atoms with Gasteiger partial charge in [-0.15, -0.1) is 0 Å². The molecule has 2 aliphatic rings. The smallest absolute Gasteiger partial charge is 0.216 e. The van der Waals surface area contributed by atoms with Crippen LogP contribution in [0.1, 0.15) is 54.0 Å². The Labute approximate surface area is 254 Å². The number of ether oxygens (including phenoxy) is 1. The Bertz CT molecular complexity index is 1890. The minimum atomic E-state index is -0.178. The number of hydrogen-bond acceptors (Lipinski definition) is 4. The Morgan fingerprint density at radius 3 is 1.42 bits per heavy atom. The molecule has 0 aliphatic carbocycles. The van der Waals surface area contributed by atoms with Crippen molar-refractivity contribution in [3.63, 3.8) is 0 Å². The molecule has 5 aromatic carbocycles. The number of rotatable bonds is 4. The third kappa shape index (κ3) is 4.34. The number of amidine groups is 1. The molecule has 0 saturated heterocycles. The van der Waals surface area contributed by atoms with Gasteiger partial charge >= 0.3 is 0 Å². The minimum Gasteiger partial charge on any atom is -0.475 e. The molecule has 2 heterocycles. The Morgan fingerprint density at radius 1 is 0.581 bits per heavy atom. The molecule has 0 fully saturated rings. The number of nitrogens with zero attached hydrogens (tertiary/aromatic N) is 3. The van der Waals surface area contributed by atoms with Crippen LogP contribution in [0.5, 0.6) is 0 Å². The third-order valence-electron chi connectivity index (χ3n) is 9.55. The number of benzene rings is 5. The highest BCUT2D eigenvalue weighted by Crippen LogP contribution is 2.45. The largest absolute Gasteiger partial charge is 0.475 e. The van der Waals surface area contributed by atoms with Gasteiger partial charge in [0.2, 0.25) is 5.90 Å². The molecule has 0 spiro atoms. The summed E-state index contributed by atoms with van der Waals surface area (Å²) in [6, 6.07) is 35.3. The number of hydrogen-bond donors (Lipinski definition) is 0. The molecular weight excluding hydrogens is 526 g/mol. The quantitative estimate of drug-likeness (QED) is 0.203. The zero-order valence-corrected chi connectivity index (χ0v) is 26.2. The summed E-state index contributed by atoms with van der Waals surface area (Å²) in [4.78, 5) is 12.1. The number of anilines is 1. The van der Waals surface area contributed by atoms with Gasteiger partial charge in [-0.1, -0.05) is 72.8 Å². The molecule has 216 valence electrons. The van der Waals surface area contributed by atoms with Gasteiger partial charge in [-0.25, -0.2) is 4.99 Å². The fraction of sp³-hybridized carbons (Fsp3) is 0.282. The van der Waals surface area contributed by atoms with Crippen molar-refractivity contribution in [3.05, 3.63) is 103 Å². The average molecular weight is 566 g/mol. The lowest BCUT2D eigenvalue weighted by Crippen LogP contribution is -2.52. The van der Waals surface area contributed by atoms with Crippen LogP contribution in [-0.2, 0) is 4.74 Å². The van der Waals surface area contributed by atoms with Crippen LogP contribution in [-0.4, -0.2) is 35.0 Å². The molecule has 4 nitrogen and oxygen atoms in total. The second kappa shape index (κ2) is 9.54. The lowest BCUT2D eigenvalue weighted by Gasteiger charge is -2.41. The lowest BCUT2D eigenvalue weighted by molar-refractivity contribution is 0.279. The molecule has 0 aromatic heterocycles. The molecule has 0 bridgehead atoms. The van der Waals surface area contributed by atoms with Crippen LogP contribution in [0, 0.1) is 0 Å². The molecule has 4 heteroatoms. The molecule has 0 amide bonds. The lowest BCUT2D eigenvalue weighted by atomic mass is 9.82. The Morgan fingerprint density at radius 2 is 1.02 bits per heavy atom. The molecule has 7 rings (SSSR count). The summed E-state index contributed by atoms with van der Waals surface area (Å²) in [5.41, 5.74) is 6.64. The van der Waals surface area contributed by atoms with Crippen molar-refractivity contribution in [1.82, 2.24) is 0 Å². The Hall–Kier alpha value is -4.44. The summed E-state index contributed by atoms with van der Waals surface area (Å²) in [6.07, 6.45) is 0. The van der Waals surface area contributed by atoms with E-state index in [9.17, 15) is 0 Å². The molecule has 0 unspecified atom stereocenters. The third-order valence-corrected chi connectivity index (χ3v) is 9.55. The van der Waals surface area contributed by atoms with E-state index in [1.54, 1.807) is 0 Å². The van der Waals surface area contributed by atoms with Crippen molar-refractivity contribution in [2.24, 2.45) is 9.98 Å². The highest BCUT2D eigenvalue weighted by Gasteiger charge is 2.48. The monoisotopic (exact) mass is 565 g/mol. The van der Waals surface area contributed by atoms with Gasteiger partial charge in [0.05, 0.1) is 16.6 Å². The Kier molecular flexibility index (Phi) is 6.08. The summed E-state index contributed by atoms with van der Waals surface area (Å²) in [5.74, 6) is 1.79. The van der Waals surface area contributed by atoms with Crippen LogP contribution in [0.15, 0.2) is 107 Å². The van der Waals surface area contributed by atoms with Crippen molar-refractivity contribution in [2.45, 2.75) is 65.1 Å². The predicted molar refractivity (Wildman–Crippen MR) is 183 cm³/mol. The molecule has 0 atom stereocenters. The fourth-order valence-electron chi connectivity index (χ4n) is 6.82. The minimum absolute atomic E-state index is 0.123. The molecule has 43 heavy (non-hydrogen) atoms. The molecule has 0 saturated carbocycles. The predicted octanol–water partition coefficient (Wildman–Crippen LogP) is 9.68. The molecule has 0 radical (unpaired) electrons. The first kappa shape index (κ1) is 27.4. The first-order valence-corrected chi connectivity index (χ1v) is 15.2. The van der Waals surface area contributed by atoms with Crippen LogP contribution >= 0.6 is 0 Å².